The number of carbonyl (C=O) groups excluding carboxylic acids is 1. The van der Waals surface area contributed by atoms with Crippen molar-refractivity contribution in [2.75, 3.05) is 5.32 Å². The summed E-state index contributed by atoms with van der Waals surface area (Å²) in [4.78, 5) is 23.3. The van der Waals surface area contributed by atoms with E-state index in [1.165, 1.54) is 247 Å². The molecule has 15 aromatic carbocycles. The van der Waals surface area contributed by atoms with E-state index in [0.29, 0.717) is 32.7 Å². The second kappa shape index (κ2) is 47.4. The first-order chi connectivity index (χ1) is 64.0. The van der Waals surface area contributed by atoms with Crippen molar-refractivity contribution in [3.63, 3.8) is 0 Å². The van der Waals surface area contributed by atoms with Gasteiger partial charge in [-0.15, -0.1) is 5.56 Å². The fourth-order valence-electron chi connectivity index (χ4n) is 19.4. The Morgan fingerprint density at radius 1 is 0.366 bits per heavy atom. The van der Waals surface area contributed by atoms with Crippen molar-refractivity contribution in [2.45, 2.75) is 196 Å². The summed E-state index contributed by atoms with van der Waals surface area (Å²) >= 11 is 16.7. The summed E-state index contributed by atoms with van der Waals surface area (Å²) in [5.41, 5.74) is 38.6. The normalized spacial score (nSPS) is 12.0. The van der Waals surface area contributed by atoms with Crippen LogP contribution in [0.4, 0.5) is 5.69 Å². The molecule has 0 atom stereocenters. The number of nitrogens with one attached hydrogen (secondary N) is 1. The Morgan fingerprint density at radius 3 is 1.19 bits per heavy atom. The van der Waals surface area contributed by atoms with Crippen molar-refractivity contribution in [1.82, 2.24) is 9.97 Å². The number of amides is 1. The van der Waals surface area contributed by atoms with Crippen LogP contribution in [0.5, 0.6) is 0 Å². The first-order valence-electron chi connectivity index (χ1n) is 47.3. The second-order valence-corrected chi connectivity index (χ2v) is 38.7. The molecule has 16 aromatic rings. The third kappa shape index (κ3) is 25.0. The maximum Gasteiger partial charge on any atom is 2.00 e. The van der Waals surface area contributed by atoms with E-state index in [4.69, 9.17) is 33.2 Å². The average molecular weight is 1940 g/mol. The molecule has 0 saturated heterocycles. The summed E-state index contributed by atoms with van der Waals surface area (Å²) in [5.74, 6) is 0.412. The molecule has 0 aliphatic heterocycles. The largest absolute Gasteiger partial charge is 2.00 e. The number of nitrogens with zero attached hydrogens (tertiary/aromatic N) is 3. The molecule has 0 spiro atoms. The van der Waals surface area contributed by atoms with Gasteiger partial charge in [-0.2, -0.15) is 34.6 Å². The first-order valence-corrected chi connectivity index (χ1v) is 48.8. The second-order valence-electron chi connectivity index (χ2n) is 37.1. The van der Waals surface area contributed by atoms with Crippen LogP contribution in [0.25, 0.3) is 89.2 Å². The van der Waals surface area contributed by atoms with Crippen molar-refractivity contribution in [2.24, 2.45) is 0 Å². The van der Waals surface area contributed by atoms with Crippen LogP contribution < -0.4 is 22.3 Å². The summed E-state index contributed by atoms with van der Waals surface area (Å²) in [6, 6.07) is 119. The van der Waals surface area contributed by atoms with Gasteiger partial charge < -0.3 is 22.3 Å². The number of rotatable bonds is 28. The predicted octanol–water partition coefficient (Wildman–Crippen LogP) is 31.1. The summed E-state index contributed by atoms with van der Waals surface area (Å²) in [5, 5.41) is 14.0. The minimum Gasteiger partial charge on any atom is -1.00 e. The third-order valence-corrected chi connectivity index (χ3v) is 28.3. The van der Waals surface area contributed by atoms with Gasteiger partial charge in [0.15, 0.2) is 5.82 Å². The molecule has 672 valence electrons. The molecule has 134 heavy (non-hydrogen) atoms. The SMILES string of the molecule is CC1(C)c2ccccc2-c2ccc(C(=O)Nc3c(Cl)cccc3C#N)cc21.Cc1[c-]c(C)cc(-c2cccc(CCCCCCc3ccccc3)c2)c1.Cc1cc(-c2cccc(CCCCCCc3ccccc3)c2)cc(C)c1-c1nc(-c2ccc3c(c2)C(C)(C)c2ccccc2-3)nc2c(Cl)cccc12.Cc1cc(-c2cccc(CCCCCCc3ccccc3)c2)cc(C)c1Br.[Br-].[Mg+2]. The molecule has 1 N–H and O–H groups in total. The Balaban J connectivity index is 0.000000160. The number of halogens is 4. The van der Waals surface area contributed by atoms with Crippen molar-refractivity contribution < 1.29 is 21.8 Å². The molecular weight excluding hydrogens is 1820 g/mol. The zero-order chi connectivity index (χ0) is 92.3. The molecule has 2 aliphatic rings. The molecule has 10 heteroatoms. The third-order valence-electron chi connectivity index (χ3n) is 26.4. The molecular formula is C124H120Br2Cl2MgN4O. The molecule has 1 aromatic heterocycles. The van der Waals surface area contributed by atoms with Crippen molar-refractivity contribution >= 4 is 84.7 Å². The predicted molar refractivity (Wildman–Crippen MR) is 568 cm³/mol. The zero-order valence-electron chi connectivity index (χ0n) is 79.3. The van der Waals surface area contributed by atoms with E-state index in [9.17, 15) is 10.1 Å². The summed E-state index contributed by atoms with van der Waals surface area (Å²) in [6.45, 7) is 21.9. The van der Waals surface area contributed by atoms with E-state index in [0.717, 1.165) is 45.3 Å². The number of hydrogen-bond donors (Lipinski definition) is 1. The van der Waals surface area contributed by atoms with Gasteiger partial charge in [0.1, 0.15) is 6.07 Å². The van der Waals surface area contributed by atoms with Gasteiger partial charge in [-0.3, -0.25) is 4.79 Å². The van der Waals surface area contributed by atoms with Crippen LogP contribution >= 0.6 is 39.1 Å². The number of aromatic nitrogens is 2. The minimum atomic E-state index is -0.283. The van der Waals surface area contributed by atoms with E-state index in [-0.39, 0.29) is 56.8 Å². The molecule has 0 radical (unpaired) electrons. The number of unbranched alkanes of at least 4 members (excludes halogenated alkanes) is 9. The van der Waals surface area contributed by atoms with E-state index in [1.807, 2.05) is 42.5 Å². The van der Waals surface area contributed by atoms with Crippen molar-refractivity contribution in [1.29, 1.82) is 5.26 Å². The molecule has 0 fully saturated rings. The maximum absolute atomic E-state index is 12.8. The van der Waals surface area contributed by atoms with Crippen LogP contribution in [0.1, 0.15) is 210 Å². The molecule has 1 amide bonds. The van der Waals surface area contributed by atoms with Crippen molar-refractivity contribution in [3.05, 3.63) is 442 Å². The van der Waals surface area contributed by atoms with Gasteiger partial charge >= 0.3 is 23.1 Å². The molecule has 18 rings (SSSR count). The van der Waals surface area contributed by atoms with Crippen LogP contribution in [0.2, 0.25) is 10.0 Å². The number of carbonyl (C=O) groups is 1. The van der Waals surface area contributed by atoms with Crippen LogP contribution in [0, 0.1) is 58.9 Å². The Kier molecular flexibility index (Phi) is 35.5. The standard InChI is InChI=1S/C49H45ClN2.C26H29Br.C26H29.C23H17ClN2O.BrH.Mg/c1-32-28-38(36-21-14-20-35(30-36)19-9-6-5-8-16-34-17-10-7-11-18-34)29-33(2)45(32)47-41-23-15-25-44(50)46(41)51-48(52-47)37-26-27-40-39-22-12-13-24-42(39)49(3,4)43(40)31-37;1-20-17-25(18-21(2)26(20)27)24-16-10-15-23(19-24)14-7-4-3-6-11-22-12-8-5-9-13-22;1-21-17-22(2)19-26(18-21)25-16-10-15-24(20-25)14-7-4-3-6-11-23-12-8-5-9-13-23;1-23(2)18-8-4-3-7-16(18)17-11-10-14(12-19(17)23)22(27)26-21-15(13-25)6-5-9-20(21)24;;/h7,10-15,17-18,20-31H,5-6,8-9,16,19H2,1-4H3;5,8-10,12-13,15-19H,3-4,6-7,11,14H2,1-2H3;5,8-10,12-13,15-16,18-20H,3-4,6-7,11,14H2,1-2H3;3-12H,1-2H3,(H,26,27);1H;/q;;-1;;;+2/p-1. The number of aryl methyl sites for hydroxylation is 12. The number of anilines is 1. The van der Waals surface area contributed by atoms with Gasteiger partial charge in [-0.05, 0) is 269 Å². The number of benzene rings is 15. The molecule has 0 unspecified atom stereocenters. The van der Waals surface area contributed by atoms with E-state index < -0.39 is 0 Å². The Labute approximate surface area is 841 Å². The quantitative estimate of drug-likeness (QED) is 0.0301. The Morgan fingerprint density at radius 2 is 0.739 bits per heavy atom. The Bertz CT molecular complexity index is 6730. The topological polar surface area (TPSA) is 78.7 Å². The van der Waals surface area contributed by atoms with E-state index in [1.54, 1.807) is 18.2 Å². The smallest absolute Gasteiger partial charge is 1.00 e. The number of para-hydroxylation sites is 2. The van der Waals surface area contributed by atoms with Crippen LogP contribution in [0.3, 0.4) is 0 Å². The van der Waals surface area contributed by atoms with E-state index in [2.05, 4.69) is 363 Å². The Hall–Kier alpha value is -11.1. The number of hydrogen-bond acceptors (Lipinski definition) is 4. The van der Waals surface area contributed by atoms with Crippen LogP contribution in [0.15, 0.2) is 326 Å². The molecule has 2 aliphatic carbocycles. The minimum absolute atomic E-state index is 0. The molecule has 5 nitrogen and oxygen atoms in total. The van der Waals surface area contributed by atoms with Gasteiger partial charge in [-0.25, -0.2) is 9.97 Å². The summed E-state index contributed by atoms with van der Waals surface area (Å²) < 4.78 is 1.22. The summed E-state index contributed by atoms with van der Waals surface area (Å²) in [6.07, 6.45) is 22.5. The molecule has 0 saturated carbocycles. The van der Waals surface area contributed by atoms with Crippen molar-refractivity contribution in [3.8, 4) is 84.3 Å². The fourth-order valence-corrected chi connectivity index (χ4v) is 20.1. The number of nitriles is 1. The average Bonchev–Trinajstić information content (AvgIpc) is 1.55. The van der Waals surface area contributed by atoms with Gasteiger partial charge in [0, 0.05) is 37.4 Å². The summed E-state index contributed by atoms with van der Waals surface area (Å²) in [7, 11) is 0. The van der Waals surface area contributed by atoms with Gasteiger partial charge in [0.05, 0.1) is 32.5 Å². The van der Waals surface area contributed by atoms with E-state index >= 15 is 0 Å². The van der Waals surface area contributed by atoms with Crippen LogP contribution in [-0.4, -0.2) is 38.9 Å². The van der Waals surface area contributed by atoms with Crippen LogP contribution in [-0.2, 0) is 49.4 Å². The monoisotopic (exact) mass is 1930 g/mol. The van der Waals surface area contributed by atoms with Gasteiger partial charge in [0.2, 0.25) is 0 Å². The molecule has 0 bridgehead atoms. The maximum atomic E-state index is 12.8. The fraction of sp³-hybridized carbons (Fsp3) is 0.242. The van der Waals surface area contributed by atoms with Gasteiger partial charge in [-0.1, -0.05) is 392 Å². The first kappa shape index (κ1) is 100. The molecule has 1 heterocycles. The van der Waals surface area contributed by atoms with Gasteiger partial charge in [0.25, 0.3) is 5.91 Å². The zero-order valence-corrected chi connectivity index (χ0v) is 85.4. The number of fused-ring (bicyclic) bond motifs is 7.